The Morgan fingerprint density at radius 3 is 2.89 bits per heavy atom. The minimum atomic E-state index is 0.0624. The molecule has 1 aromatic rings. The zero-order chi connectivity index (χ0) is 13.1. The Labute approximate surface area is 113 Å². The van der Waals surface area contributed by atoms with Crippen molar-refractivity contribution in [2.24, 2.45) is 0 Å². The third-order valence-corrected chi connectivity index (χ3v) is 4.57. The van der Waals surface area contributed by atoms with Crippen molar-refractivity contribution in [1.29, 1.82) is 0 Å². The summed E-state index contributed by atoms with van der Waals surface area (Å²) >= 11 is 1.74. The minimum Gasteiger partial charge on any atom is -0.324 e. The van der Waals surface area contributed by atoms with Gasteiger partial charge in [-0.05, 0) is 26.5 Å². The second kappa shape index (κ2) is 5.76. The number of carbonyl (C=O) groups is 1. The summed E-state index contributed by atoms with van der Waals surface area (Å²) in [7, 11) is 1.92. The van der Waals surface area contributed by atoms with Crippen molar-refractivity contribution in [1.82, 2.24) is 10.2 Å². The van der Waals surface area contributed by atoms with Crippen molar-refractivity contribution in [3.63, 3.8) is 0 Å². The number of likely N-dealkylation sites (N-methyl/N-ethyl adjacent to an activating group) is 1. The molecule has 1 fully saturated rings. The van der Waals surface area contributed by atoms with Crippen LogP contribution < -0.4 is 5.32 Å². The SMILES string of the molecule is CNCCN1C(=O)[C@H](C)S[C@@H]1c1cccc(C)c1. The molecular weight excluding hydrogens is 244 g/mol. The van der Waals surface area contributed by atoms with Crippen LogP contribution in [0.5, 0.6) is 0 Å². The molecule has 4 heteroatoms. The molecule has 0 spiro atoms. The molecule has 2 rings (SSSR count). The third-order valence-electron chi connectivity index (χ3n) is 3.18. The van der Waals surface area contributed by atoms with Gasteiger partial charge in [0.05, 0.1) is 5.25 Å². The first-order chi connectivity index (χ1) is 8.63. The second-order valence-electron chi connectivity index (χ2n) is 4.68. The van der Waals surface area contributed by atoms with Gasteiger partial charge in [0.2, 0.25) is 5.91 Å². The fourth-order valence-corrected chi connectivity index (χ4v) is 3.51. The van der Waals surface area contributed by atoms with Gasteiger partial charge < -0.3 is 10.2 Å². The van der Waals surface area contributed by atoms with E-state index >= 15 is 0 Å². The first-order valence-electron chi connectivity index (χ1n) is 6.30. The number of hydrogen-bond acceptors (Lipinski definition) is 3. The highest BCUT2D eigenvalue weighted by Crippen LogP contribution is 2.42. The summed E-state index contributed by atoms with van der Waals surface area (Å²) in [5, 5.41) is 3.34. The van der Waals surface area contributed by atoms with E-state index in [9.17, 15) is 4.79 Å². The monoisotopic (exact) mass is 264 g/mol. The van der Waals surface area contributed by atoms with Crippen molar-refractivity contribution < 1.29 is 4.79 Å². The van der Waals surface area contributed by atoms with Crippen molar-refractivity contribution in [2.75, 3.05) is 20.1 Å². The molecule has 3 nitrogen and oxygen atoms in total. The number of aryl methyl sites for hydroxylation is 1. The number of benzene rings is 1. The second-order valence-corrected chi connectivity index (χ2v) is 6.11. The molecule has 1 aliphatic heterocycles. The number of rotatable bonds is 4. The molecule has 0 aliphatic carbocycles. The predicted octanol–water partition coefficient (Wildman–Crippen LogP) is 2.18. The van der Waals surface area contributed by atoms with Crippen LogP contribution in [0.1, 0.15) is 23.4 Å². The molecule has 2 atom stereocenters. The summed E-state index contributed by atoms with van der Waals surface area (Å²) in [5.41, 5.74) is 2.47. The van der Waals surface area contributed by atoms with E-state index < -0.39 is 0 Å². The van der Waals surface area contributed by atoms with Gasteiger partial charge in [-0.3, -0.25) is 4.79 Å². The number of nitrogens with zero attached hydrogens (tertiary/aromatic N) is 1. The molecule has 0 saturated carbocycles. The summed E-state index contributed by atoms with van der Waals surface area (Å²) in [4.78, 5) is 14.1. The van der Waals surface area contributed by atoms with Gasteiger partial charge in [0, 0.05) is 13.1 Å². The quantitative estimate of drug-likeness (QED) is 0.904. The average Bonchev–Trinajstić information content (AvgIpc) is 2.64. The number of thioether (sulfide) groups is 1. The molecule has 0 unspecified atom stereocenters. The van der Waals surface area contributed by atoms with Crippen molar-refractivity contribution in [2.45, 2.75) is 24.5 Å². The van der Waals surface area contributed by atoms with Gasteiger partial charge in [-0.2, -0.15) is 0 Å². The normalized spacial score (nSPS) is 23.7. The van der Waals surface area contributed by atoms with Crippen molar-refractivity contribution >= 4 is 17.7 Å². The van der Waals surface area contributed by atoms with Gasteiger partial charge in [-0.15, -0.1) is 11.8 Å². The summed E-state index contributed by atoms with van der Waals surface area (Å²) in [6.45, 7) is 5.69. The maximum Gasteiger partial charge on any atom is 0.236 e. The van der Waals surface area contributed by atoms with Gasteiger partial charge >= 0.3 is 0 Å². The Hall–Kier alpha value is -1.00. The number of carbonyl (C=O) groups excluding carboxylic acids is 1. The maximum absolute atomic E-state index is 12.2. The fourth-order valence-electron chi connectivity index (χ4n) is 2.22. The standard InChI is InChI=1S/C14H20N2OS/c1-10-5-4-6-12(9-10)14-16(8-7-15-3)13(17)11(2)18-14/h4-6,9,11,14-15H,7-8H2,1-3H3/t11-,14+/m0/s1. The largest absolute Gasteiger partial charge is 0.324 e. The lowest BCUT2D eigenvalue weighted by Gasteiger charge is -2.24. The van der Waals surface area contributed by atoms with E-state index in [0.29, 0.717) is 0 Å². The van der Waals surface area contributed by atoms with Gasteiger partial charge in [0.15, 0.2) is 0 Å². The molecule has 1 N–H and O–H groups in total. The van der Waals surface area contributed by atoms with Crippen LogP contribution in [0.4, 0.5) is 0 Å². The Kier molecular flexibility index (Phi) is 4.30. The van der Waals surface area contributed by atoms with Crippen LogP contribution in [0.3, 0.4) is 0 Å². The molecule has 1 heterocycles. The first-order valence-corrected chi connectivity index (χ1v) is 7.25. The van der Waals surface area contributed by atoms with Crippen LogP contribution in [0.15, 0.2) is 24.3 Å². The van der Waals surface area contributed by atoms with Gasteiger partial charge in [0.1, 0.15) is 5.37 Å². The van der Waals surface area contributed by atoms with Crippen LogP contribution in [-0.2, 0) is 4.79 Å². The minimum absolute atomic E-state index is 0.0624. The lowest BCUT2D eigenvalue weighted by Crippen LogP contribution is -2.35. The Morgan fingerprint density at radius 2 is 2.22 bits per heavy atom. The zero-order valence-corrected chi connectivity index (χ0v) is 12.0. The van der Waals surface area contributed by atoms with E-state index in [4.69, 9.17) is 0 Å². The average molecular weight is 264 g/mol. The fraction of sp³-hybridized carbons (Fsp3) is 0.500. The highest BCUT2D eigenvalue weighted by molar-refractivity contribution is 8.01. The van der Waals surface area contributed by atoms with Gasteiger partial charge in [-0.25, -0.2) is 0 Å². The molecule has 0 bridgehead atoms. The highest BCUT2D eigenvalue weighted by atomic mass is 32.2. The molecule has 1 amide bonds. The van der Waals surface area contributed by atoms with Crippen LogP contribution in [-0.4, -0.2) is 36.2 Å². The summed E-state index contributed by atoms with van der Waals surface area (Å²) in [5.74, 6) is 0.252. The van der Waals surface area contributed by atoms with Crippen LogP contribution in [0, 0.1) is 6.92 Å². The molecular formula is C14H20N2OS. The lowest BCUT2D eigenvalue weighted by atomic mass is 10.1. The molecule has 0 radical (unpaired) electrons. The van der Waals surface area contributed by atoms with E-state index in [0.717, 1.165) is 13.1 Å². The van der Waals surface area contributed by atoms with Crippen LogP contribution in [0.2, 0.25) is 0 Å². The van der Waals surface area contributed by atoms with Crippen molar-refractivity contribution in [3.8, 4) is 0 Å². The topological polar surface area (TPSA) is 32.3 Å². The van der Waals surface area contributed by atoms with Crippen LogP contribution >= 0.6 is 11.8 Å². The maximum atomic E-state index is 12.2. The van der Waals surface area contributed by atoms with Gasteiger partial charge in [0.25, 0.3) is 0 Å². The van der Waals surface area contributed by atoms with E-state index in [1.807, 2.05) is 18.9 Å². The van der Waals surface area contributed by atoms with Crippen LogP contribution in [0.25, 0.3) is 0 Å². The Bertz CT molecular complexity index is 436. The summed E-state index contributed by atoms with van der Waals surface area (Å²) < 4.78 is 0. The molecule has 0 aromatic heterocycles. The zero-order valence-electron chi connectivity index (χ0n) is 11.1. The molecule has 18 heavy (non-hydrogen) atoms. The van der Waals surface area contributed by atoms with E-state index in [1.54, 1.807) is 11.8 Å². The van der Waals surface area contributed by atoms with E-state index in [-0.39, 0.29) is 16.5 Å². The molecule has 1 aromatic carbocycles. The lowest BCUT2D eigenvalue weighted by molar-refractivity contribution is -0.129. The Balaban J connectivity index is 2.22. The number of hydrogen-bond donors (Lipinski definition) is 1. The smallest absolute Gasteiger partial charge is 0.236 e. The molecule has 1 saturated heterocycles. The number of nitrogens with one attached hydrogen (secondary N) is 1. The third kappa shape index (κ3) is 2.70. The van der Waals surface area contributed by atoms with E-state index in [2.05, 4.69) is 36.5 Å². The molecule has 1 aliphatic rings. The number of amides is 1. The first kappa shape index (κ1) is 13.4. The predicted molar refractivity (Wildman–Crippen MR) is 76.6 cm³/mol. The summed E-state index contributed by atoms with van der Waals surface area (Å²) in [6.07, 6.45) is 0. The summed E-state index contributed by atoms with van der Waals surface area (Å²) in [6, 6.07) is 8.44. The Morgan fingerprint density at radius 1 is 1.44 bits per heavy atom. The molecule has 98 valence electrons. The van der Waals surface area contributed by atoms with E-state index in [1.165, 1.54) is 11.1 Å². The van der Waals surface area contributed by atoms with Gasteiger partial charge in [-0.1, -0.05) is 29.8 Å². The highest BCUT2D eigenvalue weighted by Gasteiger charge is 2.37. The van der Waals surface area contributed by atoms with Crippen molar-refractivity contribution in [3.05, 3.63) is 35.4 Å².